The van der Waals surface area contributed by atoms with E-state index < -0.39 is 8.72 Å². The van der Waals surface area contributed by atoms with E-state index in [0.717, 1.165) is 0 Å². The van der Waals surface area contributed by atoms with Crippen molar-refractivity contribution in [3.63, 3.8) is 0 Å². The van der Waals surface area contributed by atoms with Crippen molar-refractivity contribution in [1.82, 2.24) is 0 Å². The molecular formula is C7H4Cl3NO3S. The first-order chi connectivity index (χ1) is 6.88. The molecule has 1 N–H and O–H groups in total. The van der Waals surface area contributed by atoms with Gasteiger partial charge in [-0.15, -0.1) is 0 Å². The summed E-state index contributed by atoms with van der Waals surface area (Å²) in [6.07, 6.45) is 0. The molecule has 0 aliphatic heterocycles. The van der Waals surface area contributed by atoms with Crippen molar-refractivity contribution in [2.45, 2.75) is 8.69 Å². The Bertz CT molecular complexity index is 394. The lowest BCUT2D eigenvalue weighted by Gasteiger charge is -2.14. The molecule has 0 unspecified atom stereocenters. The molecule has 0 fully saturated rings. The lowest BCUT2D eigenvalue weighted by Crippen LogP contribution is -2.07. The third-order valence-electron chi connectivity index (χ3n) is 1.58. The molecule has 0 aliphatic carbocycles. The van der Waals surface area contributed by atoms with Gasteiger partial charge in [-0.2, -0.15) is 0 Å². The standard InChI is InChI=1S/C7H4Cl3NO3S/c8-7(9,10)6-4(11(12)13)2-1-3-5(6)15-14/h1-3,14H. The summed E-state index contributed by atoms with van der Waals surface area (Å²) in [5.41, 5.74) is -0.471. The van der Waals surface area contributed by atoms with Crippen molar-refractivity contribution >= 4 is 52.5 Å². The predicted molar refractivity (Wildman–Crippen MR) is 60.8 cm³/mol. The van der Waals surface area contributed by atoms with Crippen LogP contribution in [0.4, 0.5) is 5.69 Å². The number of benzene rings is 1. The smallest absolute Gasteiger partial charge is 0.278 e. The summed E-state index contributed by atoms with van der Waals surface area (Å²) in [6, 6.07) is 4.03. The van der Waals surface area contributed by atoms with Crippen LogP contribution in [-0.2, 0) is 3.79 Å². The van der Waals surface area contributed by atoms with Gasteiger partial charge in [0.1, 0.15) is 0 Å². The molecule has 0 aliphatic rings. The largest absolute Gasteiger partial charge is 0.325 e. The van der Waals surface area contributed by atoms with Gasteiger partial charge >= 0.3 is 0 Å². The van der Waals surface area contributed by atoms with E-state index in [-0.39, 0.29) is 16.1 Å². The van der Waals surface area contributed by atoms with Crippen LogP contribution in [-0.4, -0.2) is 9.48 Å². The van der Waals surface area contributed by atoms with Crippen LogP contribution in [0.25, 0.3) is 0 Å². The summed E-state index contributed by atoms with van der Waals surface area (Å²) < 4.78 is 6.96. The highest BCUT2D eigenvalue weighted by atomic mass is 35.6. The first kappa shape index (κ1) is 12.9. The second kappa shape index (κ2) is 4.76. The fourth-order valence-corrected chi connectivity index (χ4v) is 2.28. The number of rotatable bonds is 2. The lowest BCUT2D eigenvalue weighted by molar-refractivity contribution is -0.385. The van der Waals surface area contributed by atoms with Crippen molar-refractivity contribution in [3.05, 3.63) is 33.9 Å². The molecule has 0 spiro atoms. The molecule has 8 heteroatoms. The van der Waals surface area contributed by atoms with E-state index in [9.17, 15) is 10.1 Å². The van der Waals surface area contributed by atoms with Gasteiger partial charge in [-0.25, -0.2) is 0 Å². The number of alkyl halides is 3. The van der Waals surface area contributed by atoms with Crippen LogP contribution in [0, 0.1) is 10.1 Å². The van der Waals surface area contributed by atoms with Crippen LogP contribution in [0.1, 0.15) is 5.56 Å². The van der Waals surface area contributed by atoms with Gasteiger partial charge in [0.05, 0.1) is 10.5 Å². The molecule has 0 bridgehead atoms. The van der Waals surface area contributed by atoms with Crippen LogP contribution in [0.5, 0.6) is 0 Å². The Morgan fingerprint density at radius 1 is 1.40 bits per heavy atom. The van der Waals surface area contributed by atoms with E-state index in [0.29, 0.717) is 12.0 Å². The zero-order valence-corrected chi connectivity index (χ0v) is 10.1. The minimum Gasteiger partial charge on any atom is -0.325 e. The first-order valence-electron chi connectivity index (χ1n) is 3.54. The van der Waals surface area contributed by atoms with E-state index in [1.165, 1.54) is 18.2 Å². The topological polar surface area (TPSA) is 63.4 Å². The van der Waals surface area contributed by atoms with E-state index in [1.807, 2.05) is 0 Å². The second-order valence-corrected chi connectivity index (χ2v) is 5.40. The average molecular weight is 289 g/mol. The highest BCUT2D eigenvalue weighted by Crippen LogP contribution is 2.46. The van der Waals surface area contributed by atoms with Crippen molar-refractivity contribution < 1.29 is 9.48 Å². The Labute approximate surface area is 104 Å². The predicted octanol–water partition coefficient (Wildman–Crippen LogP) is 3.99. The zero-order chi connectivity index (χ0) is 11.6. The molecular weight excluding hydrogens is 285 g/mol. The van der Waals surface area contributed by atoms with E-state index >= 15 is 0 Å². The highest BCUT2D eigenvalue weighted by Gasteiger charge is 2.34. The molecule has 1 rings (SSSR count). The molecule has 1 aromatic carbocycles. The number of hydrogen-bond donors (Lipinski definition) is 1. The van der Waals surface area contributed by atoms with Crippen LogP contribution in [0.15, 0.2) is 23.1 Å². The van der Waals surface area contributed by atoms with Crippen molar-refractivity contribution in [2.24, 2.45) is 0 Å². The molecule has 4 nitrogen and oxygen atoms in total. The molecule has 0 aromatic heterocycles. The fraction of sp³-hybridized carbons (Fsp3) is 0.143. The van der Waals surface area contributed by atoms with Crippen LogP contribution in [0.2, 0.25) is 0 Å². The van der Waals surface area contributed by atoms with Crippen molar-refractivity contribution in [2.75, 3.05) is 0 Å². The summed E-state index contributed by atoms with van der Waals surface area (Å²) in [5, 5.41) is 10.7. The highest BCUT2D eigenvalue weighted by molar-refractivity contribution is 7.93. The maximum Gasteiger partial charge on any atom is 0.278 e. The SMILES string of the molecule is O=[N+]([O-])c1cccc(SO)c1C(Cl)(Cl)Cl. The van der Waals surface area contributed by atoms with Gasteiger partial charge in [-0.1, -0.05) is 40.9 Å². The minimum absolute atomic E-state index is 0.132. The van der Waals surface area contributed by atoms with Crippen molar-refractivity contribution in [1.29, 1.82) is 0 Å². The molecule has 0 amide bonds. The Morgan fingerprint density at radius 2 is 2.00 bits per heavy atom. The Hall–Kier alpha value is -0.200. The molecule has 0 saturated carbocycles. The van der Waals surface area contributed by atoms with Crippen LogP contribution < -0.4 is 0 Å². The maximum absolute atomic E-state index is 10.7. The Balaban J connectivity index is 3.47. The monoisotopic (exact) mass is 287 g/mol. The summed E-state index contributed by atoms with van der Waals surface area (Å²) in [5.74, 6) is 0. The van der Waals surface area contributed by atoms with Crippen molar-refractivity contribution in [3.8, 4) is 0 Å². The fourth-order valence-electron chi connectivity index (χ4n) is 1.03. The Kier molecular flexibility index (Phi) is 4.08. The molecule has 82 valence electrons. The molecule has 0 atom stereocenters. The second-order valence-electron chi connectivity index (χ2n) is 2.50. The van der Waals surface area contributed by atoms with E-state index in [1.54, 1.807) is 0 Å². The van der Waals surface area contributed by atoms with Gasteiger partial charge < -0.3 is 4.55 Å². The molecule has 1 aromatic rings. The summed E-state index contributed by atoms with van der Waals surface area (Å²) in [4.78, 5) is 10.1. The molecule has 15 heavy (non-hydrogen) atoms. The zero-order valence-electron chi connectivity index (χ0n) is 6.99. The molecule has 0 saturated heterocycles. The first-order valence-corrected chi connectivity index (χ1v) is 5.44. The number of nitro groups is 1. The summed E-state index contributed by atoms with van der Waals surface area (Å²) >= 11 is 17.1. The maximum atomic E-state index is 10.7. The Morgan fingerprint density at radius 3 is 2.40 bits per heavy atom. The third-order valence-corrected chi connectivity index (χ3v) is 2.69. The van der Waals surface area contributed by atoms with Gasteiger partial charge in [-0.05, 0) is 6.07 Å². The quantitative estimate of drug-likeness (QED) is 0.387. The summed E-state index contributed by atoms with van der Waals surface area (Å²) in [6.45, 7) is 0. The van der Waals surface area contributed by atoms with Gasteiger partial charge in [0.25, 0.3) is 5.69 Å². The normalized spacial score (nSPS) is 11.5. The number of nitrogens with zero attached hydrogens (tertiary/aromatic N) is 1. The van der Waals surface area contributed by atoms with E-state index in [4.69, 9.17) is 39.4 Å². The van der Waals surface area contributed by atoms with Gasteiger partial charge in [0, 0.05) is 23.0 Å². The van der Waals surface area contributed by atoms with Gasteiger partial charge in [0.2, 0.25) is 3.79 Å². The van der Waals surface area contributed by atoms with Crippen LogP contribution >= 0.6 is 46.8 Å². The number of nitro benzene ring substituents is 1. The number of halogens is 3. The molecule has 0 heterocycles. The van der Waals surface area contributed by atoms with Crippen LogP contribution in [0.3, 0.4) is 0 Å². The van der Waals surface area contributed by atoms with E-state index in [2.05, 4.69) is 0 Å². The average Bonchev–Trinajstić information content (AvgIpc) is 2.15. The summed E-state index contributed by atoms with van der Waals surface area (Å²) in [7, 11) is 0. The number of hydrogen-bond acceptors (Lipinski definition) is 4. The lowest BCUT2D eigenvalue weighted by atomic mass is 10.2. The van der Waals surface area contributed by atoms with Gasteiger partial charge in [-0.3, -0.25) is 10.1 Å². The third kappa shape index (κ3) is 2.89. The molecule has 0 radical (unpaired) electrons. The minimum atomic E-state index is -1.95. The van der Waals surface area contributed by atoms with Gasteiger partial charge in [0.15, 0.2) is 0 Å².